The first kappa shape index (κ1) is 20.5. The summed E-state index contributed by atoms with van der Waals surface area (Å²) in [5, 5.41) is 13.9. The van der Waals surface area contributed by atoms with E-state index in [0.29, 0.717) is 23.5 Å². The van der Waals surface area contributed by atoms with Crippen LogP contribution in [0.1, 0.15) is 27.3 Å². The quantitative estimate of drug-likeness (QED) is 0.359. The number of rotatable bonds is 6. The van der Waals surface area contributed by atoms with Crippen LogP contribution in [-0.2, 0) is 13.1 Å². The van der Waals surface area contributed by atoms with E-state index in [-0.39, 0.29) is 22.8 Å². The summed E-state index contributed by atoms with van der Waals surface area (Å²) in [5.41, 5.74) is 3.50. The molecule has 2 aromatic heterocycles. The van der Waals surface area contributed by atoms with Crippen molar-refractivity contribution in [2.24, 2.45) is 0 Å². The molecule has 0 aliphatic carbocycles. The van der Waals surface area contributed by atoms with Crippen LogP contribution >= 0.6 is 11.6 Å². The predicted octanol–water partition coefficient (Wildman–Crippen LogP) is 4.28. The Bertz CT molecular complexity index is 1280. The molecule has 0 radical (unpaired) electrons. The van der Waals surface area contributed by atoms with Crippen molar-refractivity contribution in [2.45, 2.75) is 20.0 Å². The molecule has 31 heavy (non-hydrogen) atoms. The number of benzene rings is 2. The number of hydrogen-bond donors (Lipinski definition) is 1. The standard InChI is InChI=1S/C22H18ClN5O3/c1-14-4-6-15(7-5-14)13-27-20(26-19-3-2-10-24-21(19)27)12-25-22(29)17-11-16(28(30)31)8-9-18(17)23/h2-11H,12-13H2,1H3,(H,25,29). The molecule has 0 aliphatic rings. The SMILES string of the molecule is Cc1ccc(Cn2c(CNC(=O)c3cc([N+](=O)[O-])ccc3Cl)nc3cccnc32)cc1. The van der Waals surface area contributed by atoms with Gasteiger partial charge in [-0.1, -0.05) is 41.4 Å². The molecule has 4 aromatic rings. The van der Waals surface area contributed by atoms with Crippen molar-refractivity contribution < 1.29 is 9.72 Å². The number of amides is 1. The minimum absolute atomic E-state index is 0.0372. The number of nitro benzene ring substituents is 1. The number of aromatic nitrogens is 3. The number of imidazole rings is 1. The van der Waals surface area contributed by atoms with E-state index in [1.807, 2.05) is 41.8 Å². The molecule has 0 saturated carbocycles. The lowest BCUT2D eigenvalue weighted by Gasteiger charge is -2.11. The lowest BCUT2D eigenvalue weighted by Crippen LogP contribution is -2.25. The van der Waals surface area contributed by atoms with Crippen molar-refractivity contribution in [1.29, 1.82) is 0 Å². The van der Waals surface area contributed by atoms with E-state index in [4.69, 9.17) is 11.6 Å². The van der Waals surface area contributed by atoms with Crippen LogP contribution in [0.2, 0.25) is 5.02 Å². The van der Waals surface area contributed by atoms with Crippen LogP contribution in [0, 0.1) is 17.0 Å². The maximum atomic E-state index is 12.7. The highest BCUT2D eigenvalue weighted by molar-refractivity contribution is 6.33. The van der Waals surface area contributed by atoms with Gasteiger partial charge >= 0.3 is 0 Å². The number of carbonyl (C=O) groups is 1. The molecule has 0 aliphatic heterocycles. The van der Waals surface area contributed by atoms with Crippen LogP contribution in [-0.4, -0.2) is 25.4 Å². The van der Waals surface area contributed by atoms with Gasteiger partial charge in [0.05, 0.1) is 28.6 Å². The minimum Gasteiger partial charge on any atom is -0.345 e. The molecular weight excluding hydrogens is 418 g/mol. The van der Waals surface area contributed by atoms with Gasteiger partial charge in [0.15, 0.2) is 5.65 Å². The molecule has 2 aromatic carbocycles. The third kappa shape index (κ3) is 4.39. The van der Waals surface area contributed by atoms with Crippen molar-refractivity contribution in [1.82, 2.24) is 19.9 Å². The molecule has 156 valence electrons. The molecule has 1 N–H and O–H groups in total. The monoisotopic (exact) mass is 435 g/mol. The van der Waals surface area contributed by atoms with Crippen molar-refractivity contribution >= 4 is 34.4 Å². The molecule has 0 unspecified atom stereocenters. The van der Waals surface area contributed by atoms with E-state index in [9.17, 15) is 14.9 Å². The molecule has 9 heteroatoms. The summed E-state index contributed by atoms with van der Waals surface area (Å²) in [5.74, 6) is 0.0970. The number of nitro groups is 1. The van der Waals surface area contributed by atoms with E-state index >= 15 is 0 Å². The Kier molecular flexibility index (Phi) is 5.64. The van der Waals surface area contributed by atoms with E-state index in [2.05, 4.69) is 15.3 Å². The summed E-state index contributed by atoms with van der Waals surface area (Å²) in [6.45, 7) is 2.68. The first-order valence-electron chi connectivity index (χ1n) is 9.50. The lowest BCUT2D eigenvalue weighted by atomic mass is 10.1. The van der Waals surface area contributed by atoms with E-state index in [1.165, 1.54) is 17.7 Å². The number of nitrogens with one attached hydrogen (secondary N) is 1. The van der Waals surface area contributed by atoms with Gasteiger partial charge in [-0.3, -0.25) is 14.9 Å². The molecule has 0 bridgehead atoms. The van der Waals surface area contributed by atoms with E-state index < -0.39 is 10.8 Å². The summed E-state index contributed by atoms with van der Waals surface area (Å²) < 4.78 is 1.94. The number of aryl methyl sites for hydroxylation is 1. The maximum Gasteiger partial charge on any atom is 0.270 e. The Morgan fingerprint density at radius 2 is 1.97 bits per heavy atom. The summed E-state index contributed by atoms with van der Waals surface area (Å²) in [7, 11) is 0. The van der Waals surface area contributed by atoms with Gasteiger partial charge in [0.2, 0.25) is 0 Å². The average Bonchev–Trinajstić information content (AvgIpc) is 3.11. The third-order valence-electron chi connectivity index (χ3n) is 4.86. The Morgan fingerprint density at radius 3 is 2.71 bits per heavy atom. The second-order valence-corrected chi connectivity index (χ2v) is 7.46. The van der Waals surface area contributed by atoms with Gasteiger partial charge in [0.25, 0.3) is 11.6 Å². The minimum atomic E-state index is -0.570. The fourth-order valence-electron chi connectivity index (χ4n) is 3.24. The number of hydrogen-bond acceptors (Lipinski definition) is 5. The van der Waals surface area contributed by atoms with Crippen molar-refractivity contribution in [3.8, 4) is 0 Å². The van der Waals surface area contributed by atoms with Crippen molar-refractivity contribution in [2.75, 3.05) is 0 Å². The average molecular weight is 436 g/mol. The Balaban J connectivity index is 1.61. The molecular formula is C22H18ClN5O3. The summed E-state index contributed by atoms with van der Waals surface area (Å²) in [6, 6.07) is 15.6. The van der Waals surface area contributed by atoms with E-state index in [1.54, 1.807) is 12.3 Å². The molecule has 0 saturated heterocycles. The third-order valence-corrected chi connectivity index (χ3v) is 5.19. The molecule has 0 spiro atoms. The molecule has 4 rings (SSSR count). The van der Waals surface area contributed by atoms with Gasteiger partial charge in [-0.2, -0.15) is 0 Å². The van der Waals surface area contributed by atoms with Gasteiger partial charge < -0.3 is 9.88 Å². The smallest absolute Gasteiger partial charge is 0.270 e. The van der Waals surface area contributed by atoms with E-state index in [0.717, 1.165) is 11.6 Å². The first-order chi connectivity index (χ1) is 14.9. The number of halogens is 1. The predicted molar refractivity (Wildman–Crippen MR) is 117 cm³/mol. The number of carbonyl (C=O) groups excluding carboxylic acids is 1. The molecule has 0 fully saturated rings. The van der Waals surface area contributed by atoms with Gasteiger partial charge in [-0.25, -0.2) is 9.97 Å². The Labute approximate surface area is 182 Å². The van der Waals surface area contributed by atoms with Gasteiger partial charge in [0, 0.05) is 18.3 Å². The highest BCUT2D eigenvalue weighted by Crippen LogP contribution is 2.22. The number of nitrogens with zero attached hydrogens (tertiary/aromatic N) is 4. The molecule has 8 nitrogen and oxygen atoms in total. The van der Waals surface area contributed by atoms with Gasteiger partial charge in [0.1, 0.15) is 11.3 Å². The zero-order valence-corrected chi connectivity index (χ0v) is 17.3. The Morgan fingerprint density at radius 1 is 1.19 bits per heavy atom. The Hall–Kier alpha value is -3.78. The first-order valence-corrected chi connectivity index (χ1v) is 9.88. The van der Waals surface area contributed by atoms with Crippen molar-refractivity contribution in [3.63, 3.8) is 0 Å². The zero-order valence-electron chi connectivity index (χ0n) is 16.6. The fourth-order valence-corrected chi connectivity index (χ4v) is 3.44. The molecule has 2 heterocycles. The normalized spacial score (nSPS) is 10.9. The highest BCUT2D eigenvalue weighted by Gasteiger charge is 2.18. The summed E-state index contributed by atoms with van der Waals surface area (Å²) in [4.78, 5) is 32.2. The number of fused-ring (bicyclic) bond motifs is 1. The van der Waals surface area contributed by atoms with Crippen molar-refractivity contribution in [3.05, 3.63) is 98.4 Å². The summed E-state index contributed by atoms with van der Waals surface area (Å²) in [6.07, 6.45) is 1.70. The molecule has 1 amide bonds. The van der Waals surface area contributed by atoms with Crippen LogP contribution in [0.15, 0.2) is 60.8 Å². The number of non-ortho nitro benzene ring substituents is 1. The topological polar surface area (TPSA) is 103 Å². The zero-order chi connectivity index (χ0) is 22.0. The van der Waals surface area contributed by atoms with Gasteiger partial charge in [-0.05, 0) is 30.7 Å². The van der Waals surface area contributed by atoms with Crippen LogP contribution in [0.4, 0.5) is 5.69 Å². The molecule has 0 atom stereocenters. The van der Waals surface area contributed by atoms with Crippen LogP contribution in [0.5, 0.6) is 0 Å². The van der Waals surface area contributed by atoms with Crippen LogP contribution in [0.25, 0.3) is 11.2 Å². The lowest BCUT2D eigenvalue weighted by molar-refractivity contribution is -0.384. The largest absolute Gasteiger partial charge is 0.345 e. The fraction of sp³-hybridized carbons (Fsp3) is 0.136. The maximum absolute atomic E-state index is 12.7. The number of pyridine rings is 1. The van der Waals surface area contributed by atoms with Crippen LogP contribution < -0.4 is 5.32 Å². The van der Waals surface area contributed by atoms with Crippen LogP contribution in [0.3, 0.4) is 0 Å². The van der Waals surface area contributed by atoms with Gasteiger partial charge in [-0.15, -0.1) is 0 Å². The second-order valence-electron chi connectivity index (χ2n) is 7.05. The summed E-state index contributed by atoms with van der Waals surface area (Å²) >= 11 is 6.08. The second kappa shape index (κ2) is 8.53. The highest BCUT2D eigenvalue weighted by atomic mass is 35.5.